The molecule has 36 heavy (non-hydrogen) atoms. The largest absolute Gasteiger partial charge is 0.367 e. The number of nitrogens with one attached hydrogen (secondary N) is 1. The van der Waals surface area contributed by atoms with E-state index in [4.69, 9.17) is 9.97 Å². The minimum absolute atomic E-state index is 0.356. The highest BCUT2D eigenvalue weighted by Gasteiger charge is 2.41. The zero-order valence-corrected chi connectivity index (χ0v) is 20.5. The fourth-order valence-corrected chi connectivity index (χ4v) is 5.61. The van der Waals surface area contributed by atoms with Crippen LogP contribution < -0.4 is 15.1 Å². The van der Waals surface area contributed by atoms with Crippen LogP contribution in [0, 0.1) is 11.6 Å². The van der Waals surface area contributed by atoms with Crippen molar-refractivity contribution in [3.63, 3.8) is 0 Å². The van der Waals surface area contributed by atoms with Gasteiger partial charge in [0.2, 0.25) is 0 Å². The van der Waals surface area contributed by atoms with Crippen molar-refractivity contribution in [1.29, 1.82) is 0 Å². The molecule has 2 aliphatic rings. The molecule has 0 aliphatic carbocycles. The van der Waals surface area contributed by atoms with Crippen LogP contribution in [0.25, 0.3) is 16.9 Å². The van der Waals surface area contributed by atoms with Gasteiger partial charge in [0.25, 0.3) is 0 Å². The number of hydrogen-bond donors (Lipinski definition) is 1. The van der Waals surface area contributed by atoms with Gasteiger partial charge in [-0.2, -0.15) is 5.10 Å². The van der Waals surface area contributed by atoms with Gasteiger partial charge >= 0.3 is 0 Å². The van der Waals surface area contributed by atoms with Gasteiger partial charge in [-0.15, -0.1) is 0 Å². The Morgan fingerprint density at radius 1 is 1.08 bits per heavy atom. The van der Waals surface area contributed by atoms with Crippen molar-refractivity contribution >= 4 is 17.2 Å². The number of aromatic nitrogens is 4. The first-order chi connectivity index (χ1) is 17.4. The summed E-state index contributed by atoms with van der Waals surface area (Å²) in [4.78, 5) is 14.1. The lowest BCUT2D eigenvalue weighted by atomic mass is 9.88. The van der Waals surface area contributed by atoms with E-state index in [2.05, 4.69) is 33.2 Å². The lowest BCUT2D eigenvalue weighted by molar-refractivity contribution is 0.451. The van der Waals surface area contributed by atoms with Gasteiger partial charge in [0, 0.05) is 44.0 Å². The lowest BCUT2D eigenvalue weighted by Crippen LogP contribution is -2.49. The molecule has 0 unspecified atom stereocenters. The Morgan fingerprint density at radius 2 is 1.97 bits per heavy atom. The van der Waals surface area contributed by atoms with E-state index < -0.39 is 17.2 Å². The lowest BCUT2D eigenvalue weighted by Gasteiger charge is -2.37. The van der Waals surface area contributed by atoms with Gasteiger partial charge in [-0.05, 0) is 63.1 Å². The molecule has 0 radical (unpaired) electrons. The van der Waals surface area contributed by atoms with Crippen LogP contribution in [0.5, 0.6) is 0 Å². The molecule has 1 aromatic carbocycles. The molecule has 4 aromatic rings. The SMILES string of the molecule is C[C@H]1CN(c2ccc(-c3cnn4ccc(N5CCC[C@]5(C)c5cc(F)ccc5F)nc34)nc2)CCN1. The highest BCUT2D eigenvalue weighted by molar-refractivity contribution is 5.76. The van der Waals surface area contributed by atoms with Crippen LogP contribution in [-0.2, 0) is 5.54 Å². The maximum absolute atomic E-state index is 14.8. The Hall–Kier alpha value is -3.59. The molecule has 0 bridgehead atoms. The molecular weight excluding hydrogens is 460 g/mol. The first-order valence-electron chi connectivity index (χ1n) is 12.4. The molecule has 1 N–H and O–H groups in total. The third kappa shape index (κ3) is 3.87. The summed E-state index contributed by atoms with van der Waals surface area (Å²) in [7, 11) is 0. The number of halogens is 2. The van der Waals surface area contributed by atoms with Crippen molar-refractivity contribution in [2.75, 3.05) is 36.0 Å². The van der Waals surface area contributed by atoms with E-state index in [0.29, 0.717) is 36.0 Å². The zero-order valence-electron chi connectivity index (χ0n) is 20.5. The second kappa shape index (κ2) is 8.81. The van der Waals surface area contributed by atoms with Gasteiger partial charge in [0.15, 0.2) is 5.65 Å². The van der Waals surface area contributed by atoms with Crippen LogP contribution in [-0.4, -0.2) is 51.8 Å². The van der Waals surface area contributed by atoms with Crippen molar-refractivity contribution < 1.29 is 8.78 Å². The quantitative estimate of drug-likeness (QED) is 0.459. The maximum atomic E-state index is 14.8. The van der Waals surface area contributed by atoms with Gasteiger partial charge in [0.1, 0.15) is 17.5 Å². The normalized spacial score (nSPS) is 22.5. The molecular formula is C27H29F2N7. The maximum Gasteiger partial charge on any atom is 0.166 e. The Kier molecular flexibility index (Phi) is 5.59. The Balaban J connectivity index is 1.34. The molecule has 3 aromatic heterocycles. The standard InChI is InChI=1S/C27H29F2N7/c1-18-17-34(13-10-30-18)20-5-7-24(31-15-20)21-16-32-36-12-8-25(33-26(21)36)35-11-3-9-27(35,2)22-14-19(28)4-6-23(22)29/h4-8,12,14-16,18,30H,3,9-11,13,17H2,1-2H3/t18-,27+/m0/s1. The third-order valence-electron chi connectivity index (χ3n) is 7.54. The molecule has 186 valence electrons. The fraction of sp³-hybridized carbons (Fsp3) is 0.370. The molecule has 9 heteroatoms. The van der Waals surface area contributed by atoms with E-state index in [1.54, 1.807) is 10.7 Å². The van der Waals surface area contributed by atoms with Crippen molar-refractivity contribution in [2.45, 2.75) is 38.3 Å². The fourth-order valence-electron chi connectivity index (χ4n) is 5.61. The summed E-state index contributed by atoms with van der Waals surface area (Å²) >= 11 is 0. The topological polar surface area (TPSA) is 61.6 Å². The number of fused-ring (bicyclic) bond motifs is 1. The summed E-state index contributed by atoms with van der Waals surface area (Å²) < 4.78 is 30.6. The molecule has 7 nitrogen and oxygen atoms in total. The third-order valence-corrected chi connectivity index (χ3v) is 7.54. The first-order valence-corrected chi connectivity index (χ1v) is 12.4. The van der Waals surface area contributed by atoms with Crippen molar-refractivity contribution in [1.82, 2.24) is 24.9 Å². The Labute approximate surface area is 208 Å². The Morgan fingerprint density at radius 3 is 2.78 bits per heavy atom. The van der Waals surface area contributed by atoms with E-state index in [1.165, 1.54) is 12.1 Å². The van der Waals surface area contributed by atoms with E-state index in [-0.39, 0.29) is 0 Å². The van der Waals surface area contributed by atoms with Crippen LogP contribution in [0.2, 0.25) is 0 Å². The van der Waals surface area contributed by atoms with Crippen molar-refractivity contribution in [3.05, 3.63) is 72.2 Å². The van der Waals surface area contributed by atoms with E-state index in [9.17, 15) is 8.78 Å². The van der Waals surface area contributed by atoms with Gasteiger partial charge in [0.05, 0.1) is 34.9 Å². The molecule has 2 atom stereocenters. The minimum atomic E-state index is -0.696. The molecule has 2 aliphatic heterocycles. The van der Waals surface area contributed by atoms with E-state index >= 15 is 0 Å². The Bertz CT molecular complexity index is 1400. The number of rotatable bonds is 4. The second-order valence-electron chi connectivity index (χ2n) is 9.97. The summed E-state index contributed by atoms with van der Waals surface area (Å²) in [6, 6.07) is 10.1. The van der Waals surface area contributed by atoms with Gasteiger partial charge in [-0.1, -0.05) is 0 Å². The van der Waals surface area contributed by atoms with E-state index in [0.717, 1.165) is 49.1 Å². The summed E-state index contributed by atoms with van der Waals surface area (Å²) in [5.74, 6) is -0.134. The summed E-state index contributed by atoms with van der Waals surface area (Å²) in [5, 5.41) is 7.93. The molecule has 0 amide bonds. The zero-order chi connectivity index (χ0) is 24.9. The average Bonchev–Trinajstić information content (AvgIpc) is 3.49. The van der Waals surface area contributed by atoms with Crippen molar-refractivity contribution in [3.8, 4) is 11.3 Å². The molecule has 2 fully saturated rings. The molecule has 0 saturated carbocycles. The van der Waals surface area contributed by atoms with Crippen molar-refractivity contribution in [2.24, 2.45) is 0 Å². The predicted molar refractivity (Wildman–Crippen MR) is 136 cm³/mol. The molecule has 0 spiro atoms. The number of piperazine rings is 1. The van der Waals surface area contributed by atoms with E-state index in [1.807, 2.05) is 31.5 Å². The van der Waals surface area contributed by atoms with Crippen LogP contribution in [0.4, 0.5) is 20.3 Å². The smallest absolute Gasteiger partial charge is 0.166 e. The number of hydrogen-bond acceptors (Lipinski definition) is 6. The van der Waals surface area contributed by atoms with Gasteiger partial charge < -0.3 is 15.1 Å². The molecule has 2 saturated heterocycles. The number of benzene rings is 1. The van der Waals surface area contributed by atoms with Gasteiger partial charge in [-0.3, -0.25) is 4.98 Å². The highest BCUT2D eigenvalue weighted by Crippen LogP contribution is 2.42. The highest BCUT2D eigenvalue weighted by atomic mass is 19.1. The average molecular weight is 490 g/mol. The van der Waals surface area contributed by atoms with Crippen LogP contribution >= 0.6 is 0 Å². The van der Waals surface area contributed by atoms with Crippen LogP contribution in [0.3, 0.4) is 0 Å². The summed E-state index contributed by atoms with van der Waals surface area (Å²) in [6.45, 7) is 7.70. The number of pyridine rings is 1. The van der Waals surface area contributed by atoms with Gasteiger partial charge in [-0.25, -0.2) is 18.3 Å². The summed E-state index contributed by atoms with van der Waals surface area (Å²) in [5.41, 5.74) is 3.06. The summed E-state index contributed by atoms with van der Waals surface area (Å²) in [6.07, 6.45) is 7.11. The first kappa shape index (κ1) is 22.8. The number of anilines is 2. The van der Waals surface area contributed by atoms with Crippen LogP contribution in [0.15, 0.2) is 55.0 Å². The molecule has 6 rings (SSSR count). The molecule has 5 heterocycles. The monoisotopic (exact) mass is 489 g/mol. The van der Waals surface area contributed by atoms with Crippen LogP contribution in [0.1, 0.15) is 32.3 Å². The minimum Gasteiger partial charge on any atom is -0.367 e. The predicted octanol–water partition coefficient (Wildman–Crippen LogP) is 4.38. The number of nitrogens with zero attached hydrogens (tertiary/aromatic N) is 6. The second-order valence-corrected chi connectivity index (χ2v) is 9.97.